The SMILES string of the molecule is CS(=O)(=O)c1ccccc1S(=O)(=O)CC=Cn1ccc2c(N3CCNCC3)cccc21. The van der Waals surface area contributed by atoms with E-state index in [1.54, 1.807) is 12.3 Å². The van der Waals surface area contributed by atoms with Gasteiger partial charge in [-0.05, 0) is 30.3 Å². The van der Waals surface area contributed by atoms with Gasteiger partial charge < -0.3 is 14.8 Å². The van der Waals surface area contributed by atoms with Gasteiger partial charge in [-0.3, -0.25) is 0 Å². The van der Waals surface area contributed by atoms with Crippen LogP contribution in [0.3, 0.4) is 0 Å². The zero-order chi connectivity index (χ0) is 22.1. The summed E-state index contributed by atoms with van der Waals surface area (Å²) in [4.78, 5) is 2.01. The van der Waals surface area contributed by atoms with E-state index in [-0.39, 0.29) is 15.5 Å². The zero-order valence-corrected chi connectivity index (χ0v) is 18.9. The molecule has 0 bridgehead atoms. The smallest absolute Gasteiger partial charge is 0.183 e. The van der Waals surface area contributed by atoms with Crippen molar-refractivity contribution in [2.45, 2.75) is 9.79 Å². The lowest BCUT2D eigenvalue weighted by atomic mass is 10.2. The average molecular weight is 460 g/mol. The van der Waals surface area contributed by atoms with Crippen molar-refractivity contribution in [3.63, 3.8) is 0 Å². The van der Waals surface area contributed by atoms with E-state index in [9.17, 15) is 16.8 Å². The highest BCUT2D eigenvalue weighted by Gasteiger charge is 2.22. The van der Waals surface area contributed by atoms with E-state index in [2.05, 4.69) is 16.3 Å². The Labute approximate surface area is 182 Å². The number of fused-ring (bicyclic) bond motifs is 1. The van der Waals surface area contributed by atoms with Gasteiger partial charge in [0.2, 0.25) is 0 Å². The first-order chi connectivity index (χ1) is 14.8. The van der Waals surface area contributed by atoms with Crippen LogP contribution >= 0.6 is 0 Å². The van der Waals surface area contributed by atoms with Crippen LogP contribution in [-0.2, 0) is 19.7 Å². The van der Waals surface area contributed by atoms with Gasteiger partial charge in [0, 0.05) is 55.9 Å². The Balaban J connectivity index is 1.60. The van der Waals surface area contributed by atoms with Crippen molar-refractivity contribution in [3.8, 4) is 0 Å². The maximum absolute atomic E-state index is 12.8. The van der Waals surface area contributed by atoms with Gasteiger partial charge in [-0.2, -0.15) is 0 Å². The lowest BCUT2D eigenvalue weighted by Gasteiger charge is -2.30. The van der Waals surface area contributed by atoms with E-state index < -0.39 is 19.7 Å². The Morgan fingerprint density at radius 1 is 0.935 bits per heavy atom. The molecule has 7 nitrogen and oxygen atoms in total. The minimum Gasteiger partial charge on any atom is -0.368 e. The molecular weight excluding hydrogens is 434 g/mol. The summed E-state index contributed by atoms with van der Waals surface area (Å²) in [6.07, 6.45) is 6.18. The van der Waals surface area contributed by atoms with Gasteiger partial charge >= 0.3 is 0 Å². The molecular formula is C22H25N3O4S2. The largest absolute Gasteiger partial charge is 0.368 e. The Morgan fingerprint density at radius 2 is 1.65 bits per heavy atom. The molecule has 2 aromatic carbocycles. The highest BCUT2D eigenvalue weighted by molar-refractivity contribution is 7.94. The highest BCUT2D eigenvalue weighted by Crippen LogP contribution is 2.28. The van der Waals surface area contributed by atoms with Crippen LogP contribution in [0.1, 0.15) is 0 Å². The zero-order valence-electron chi connectivity index (χ0n) is 17.2. The highest BCUT2D eigenvalue weighted by atomic mass is 32.2. The summed E-state index contributed by atoms with van der Waals surface area (Å²) in [5.74, 6) is -0.295. The predicted molar refractivity (Wildman–Crippen MR) is 124 cm³/mol. The number of sulfone groups is 2. The van der Waals surface area contributed by atoms with Crippen molar-refractivity contribution in [3.05, 3.63) is 60.8 Å². The molecule has 0 spiro atoms. The summed E-state index contributed by atoms with van der Waals surface area (Å²) in [6.45, 7) is 3.78. The van der Waals surface area contributed by atoms with Gasteiger partial charge in [0.25, 0.3) is 0 Å². The molecule has 0 aliphatic carbocycles. The van der Waals surface area contributed by atoms with E-state index in [4.69, 9.17) is 0 Å². The summed E-state index contributed by atoms with van der Waals surface area (Å²) in [7, 11) is -7.45. The standard InChI is InChI=1S/C22H25N3O4S2/c1-30(26,27)21-8-2-3-9-22(21)31(28,29)17-5-13-24-14-10-18-19(24)6-4-7-20(18)25-15-11-23-12-16-25/h2-10,13-14,23H,11-12,15-17H2,1H3. The second-order valence-corrected chi connectivity index (χ2v) is 11.5. The maximum Gasteiger partial charge on any atom is 0.183 e. The van der Waals surface area contributed by atoms with Crippen LogP contribution in [0.25, 0.3) is 17.1 Å². The van der Waals surface area contributed by atoms with Crippen molar-refractivity contribution >= 4 is 42.5 Å². The van der Waals surface area contributed by atoms with E-state index >= 15 is 0 Å². The van der Waals surface area contributed by atoms with Gasteiger partial charge in [-0.15, -0.1) is 0 Å². The fraction of sp³-hybridized carbons (Fsp3) is 0.273. The lowest BCUT2D eigenvalue weighted by molar-refractivity contribution is 0.587. The predicted octanol–water partition coefficient (Wildman–Crippen LogP) is 2.40. The number of rotatable bonds is 6. The fourth-order valence-electron chi connectivity index (χ4n) is 3.87. The van der Waals surface area contributed by atoms with Crippen molar-refractivity contribution in [1.29, 1.82) is 0 Å². The van der Waals surface area contributed by atoms with E-state index in [1.165, 1.54) is 30.0 Å². The third-order valence-corrected chi connectivity index (χ3v) is 8.30. The molecule has 1 N–H and O–H groups in total. The van der Waals surface area contributed by atoms with Gasteiger partial charge in [-0.25, -0.2) is 16.8 Å². The number of aromatic nitrogens is 1. The number of hydrogen-bond donors (Lipinski definition) is 1. The molecule has 1 aliphatic heterocycles. The van der Waals surface area contributed by atoms with Crippen LogP contribution in [0.5, 0.6) is 0 Å². The molecule has 0 radical (unpaired) electrons. The fourth-order valence-corrected chi connectivity index (χ4v) is 6.64. The summed E-state index contributed by atoms with van der Waals surface area (Å²) >= 11 is 0. The molecule has 1 aliphatic rings. The third-order valence-electron chi connectivity index (χ3n) is 5.36. The van der Waals surface area contributed by atoms with Crippen LogP contribution in [0.4, 0.5) is 5.69 Å². The monoisotopic (exact) mass is 459 g/mol. The number of hydrogen-bond acceptors (Lipinski definition) is 6. The molecule has 1 saturated heterocycles. The molecule has 0 atom stereocenters. The van der Waals surface area contributed by atoms with Gasteiger partial charge in [-0.1, -0.05) is 24.3 Å². The summed E-state index contributed by atoms with van der Waals surface area (Å²) in [6, 6.07) is 13.9. The van der Waals surface area contributed by atoms with Crippen LogP contribution in [-0.4, -0.2) is 59.6 Å². The third kappa shape index (κ3) is 4.53. The number of benzene rings is 2. The summed E-state index contributed by atoms with van der Waals surface area (Å²) in [5.41, 5.74) is 2.15. The first kappa shape index (κ1) is 21.6. The quantitative estimate of drug-likeness (QED) is 0.609. The Morgan fingerprint density at radius 3 is 2.35 bits per heavy atom. The lowest BCUT2D eigenvalue weighted by Crippen LogP contribution is -2.43. The summed E-state index contributed by atoms with van der Waals surface area (Å²) in [5, 5.41) is 4.46. The molecule has 0 amide bonds. The van der Waals surface area contributed by atoms with Crippen LogP contribution in [0.15, 0.2) is 70.6 Å². The first-order valence-electron chi connectivity index (χ1n) is 10.0. The number of anilines is 1. The Hall–Kier alpha value is -2.62. The molecule has 164 valence electrons. The molecule has 9 heteroatoms. The normalized spacial score (nSPS) is 15.7. The Bertz CT molecular complexity index is 1340. The molecule has 0 saturated carbocycles. The second-order valence-electron chi connectivity index (χ2n) is 7.56. The van der Waals surface area contributed by atoms with Crippen LogP contribution in [0, 0.1) is 0 Å². The van der Waals surface area contributed by atoms with Crippen molar-refractivity contribution in [2.24, 2.45) is 0 Å². The maximum atomic E-state index is 12.8. The van der Waals surface area contributed by atoms with E-state index in [0.717, 1.165) is 43.3 Å². The van der Waals surface area contributed by atoms with Crippen molar-refractivity contribution in [2.75, 3.05) is 43.1 Å². The number of nitrogens with zero attached hydrogens (tertiary/aromatic N) is 2. The first-order valence-corrected chi connectivity index (χ1v) is 13.6. The van der Waals surface area contributed by atoms with Crippen LogP contribution in [0.2, 0.25) is 0 Å². The molecule has 31 heavy (non-hydrogen) atoms. The number of piperazine rings is 1. The van der Waals surface area contributed by atoms with E-state index in [1.807, 2.05) is 29.0 Å². The van der Waals surface area contributed by atoms with Crippen LogP contribution < -0.4 is 10.2 Å². The molecule has 1 aromatic heterocycles. The minimum absolute atomic E-state index is 0.166. The van der Waals surface area contributed by atoms with E-state index in [0.29, 0.717) is 0 Å². The van der Waals surface area contributed by atoms with Crippen molar-refractivity contribution < 1.29 is 16.8 Å². The van der Waals surface area contributed by atoms with Crippen molar-refractivity contribution in [1.82, 2.24) is 9.88 Å². The topological polar surface area (TPSA) is 88.5 Å². The molecule has 3 aromatic rings. The van der Waals surface area contributed by atoms with Gasteiger partial charge in [0.1, 0.15) is 0 Å². The minimum atomic E-state index is -3.80. The van der Waals surface area contributed by atoms with Gasteiger partial charge in [0.15, 0.2) is 19.7 Å². The summed E-state index contributed by atoms with van der Waals surface area (Å²) < 4.78 is 51.5. The van der Waals surface area contributed by atoms with Gasteiger partial charge in [0.05, 0.1) is 21.1 Å². The second kappa shape index (κ2) is 8.49. The molecule has 0 unspecified atom stereocenters. The molecule has 2 heterocycles. The Kier molecular flexibility index (Phi) is 5.92. The molecule has 4 rings (SSSR count). The average Bonchev–Trinajstić information content (AvgIpc) is 3.17. The number of nitrogens with one attached hydrogen (secondary N) is 1. The molecule has 1 fully saturated rings.